The Bertz CT molecular complexity index is 1440. The maximum atomic E-state index is 13.0. The first-order valence-corrected chi connectivity index (χ1v) is 12.1. The molecule has 0 radical (unpaired) electrons. The lowest BCUT2D eigenvalue weighted by Gasteiger charge is -2.16. The van der Waals surface area contributed by atoms with Crippen molar-refractivity contribution in [1.82, 2.24) is 0 Å². The first-order valence-electron chi connectivity index (χ1n) is 10.1. The minimum atomic E-state index is -4.73. The molecule has 1 aliphatic heterocycles. The summed E-state index contributed by atoms with van der Waals surface area (Å²) in [6.07, 6.45) is -3.08. The van der Waals surface area contributed by atoms with Crippen LogP contribution in [0, 0.1) is 17.0 Å². The molecule has 0 N–H and O–H groups in total. The smallest absolute Gasteiger partial charge is 0.416 e. The number of rotatable bonds is 5. The Hall–Kier alpha value is -3.22. The van der Waals surface area contributed by atoms with Crippen LogP contribution in [0.1, 0.15) is 16.7 Å². The zero-order chi connectivity index (χ0) is 26.2. The number of nitro groups is 1. The summed E-state index contributed by atoms with van der Waals surface area (Å²) in [6, 6.07) is 14.1. The number of carbonyl (C=O) groups is 1. The van der Waals surface area contributed by atoms with Crippen LogP contribution < -0.4 is 9.64 Å². The van der Waals surface area contributed by atoms with Crippen molar-refractivity contribution in [1.29, 1.82) is 0 Å². The quantitative estimate of drug-likeness (QED) is 0.129. The van der Waals surface area contributed by atoms with Gasteiger partial charge < -0.3 is 4.74 Å². The number of carbonyl (C=O) groups excluding carboxylic acids is 1. The van der Waals surface area contributed by atoms with Gasteiger partial charge in [0.1, 0.15) is 5.75 Å². The summed E-state index contributed by atoms with van der Waals surface area (Å²) in [6.45, 7) is 1.88. The molecule has 1 aliphatic rings. The summed E-state index contributed by atoms with van der Waals surface area (Å²) in [5.41, 5.74) is 0.240. The zero-order valence-electron chi connectivity index (χ0n) is 18.2. The Labute approximate surface area is 221 Å². The molecule has 36 heavy (non-hydrogen) atoms. The molecule has 0 spiro atoms. The van der Waals surface area contributed by atoms with Gasteiger partial charge in [-0.2, -0.15) is 13.2 Å². The van der Waals surface area contributed by atoms with E-state index in [0.29, 0.717) is 37.1 Å². The zero-order valence-corrected chi connectivity index (χ0v) is 21.4. The molecule has 3 aromatic rings. The number of anilines is 1. The molecule has 1 saturated heterocycles. The highest BCUT2D eigenvalue weighted by Crippen LogP contribution is 2.41. The maximum absolute atomic E-state index is 13.0. The lowest BCUT2D eigenvalue weighted by Crippen LogP contribution is -2.28. The molecule has 1 fully saturated rings. The Morgan fingerprint density at radius 3 is 2.44 bits per heavy atom. The minimum absolute atomic E-state index is 0.141. The monoisotopic (exact) mass is 594 g/mol. The Morgan fingerprint density at radius 2 is 1.81 bits per heavy atom. The molecule has 4 rings (SSSR count). The van der Waals surface area contributed by atoms with Crippen molar-refractivity contribution in [2.24, 2.45) is 0 Å². The third kappa shape index (κ3) is 5.30. The average molecular weight is 595 g/mol. The molecule has 6 nitrogen and oxygen atoms in total. The van der Waals surface area contributed by atoms with Gasteiger partial charge in [-0.15, -0.1) is 0 Å². The van der Waals surface area contributed by atoms with Crippen LogP contribution in [0.4, 0.5) is 24.5 Å². The van der Waals surface area contributed by atoms with E-state index in [1.165, 1.54) is 11.0 Å². The van der Waals surface area contributed by atoms with Gasteiger partial charge in [0, 0.05) is 6.07 Å². The molecule has 0 aliphatic carbocycles. The molecular weight excluding hydrogens is 581 g/mol. The van der Waals surface area contributed by atoms with Gasteiger partial charge in [0.05, 0.1) is 25.6 Å². The summed E-state index contributed by atoms with van der Waals surface area (Å²) in [4.78, 5) is 25.3. The van der Waals surface area contributed by atoms with Crippen LogP contribution in [0.15, 0.2) is 70.0 Å². The first kappa shape index (κ1) is 25.9. The molecule has 1 heterocycles. The number of para-hydroxylation sites is 1. The largest absolute Gasteiger partial charge is 0.449 e. The number of thioether (sulfide) groups is 1. The number of aryl methyl sites for hydroxylation is 1. The molecule has 0 unspecified atom stereocenters. The van der Waals surface area contributed by atoms with Gasteiger partial charge >= 0.3 is 11.9 Å². The third-order valence-electron chi connectivity index (χ3n) is 5.11. The summed E-state index contributed by atoms with van der Waals surface area (Å²) in [5.74, 6) is -0.473. The molecule has 12 heteroatoms. The van der Waals surface area contributed by atoms with Gasteiger partial charge in [0.15, 0.2) is 4.32 Å². The number of ether oxygens (including phenoxy) is 1. The van der Waals surface area contributed by atoms with Crippen LogP contribution in [0.25, 0.3) is 6.08 Å². The highest BCUT2D eigenvalue weighted by atomic mass is 79.9. The van der Waals surface area contributed by atoms with Crippen molar-refractivity contribution >= 4 is 67.6 Å². The van der Waals surface area contributed by atoms with Gasteiger partial charge in [0.25, 0.3) is 5.91 Å². The predicted molar refractivity (Wildman–Crippen MR) is 139 cm³/mol. The third-order valence-corrected chi connectivity index (χ3v) is 7.03. The molecule has 0 bridgehead atoms. The fourth-order valence-electron chi connectivity index (χ4n) is 3.37. The lowest BCUT2D eigenvalue weighted by molar-refractivity contribution is -0.385. The van der Waals surface area contributed by atoms with E-state index in [9.17, 15) is 28.1 Å². The van der Waals surface area contributed by atoms with E-state index in [2.05, 4.69) is 15.9 Å². The minimum Gasteiger partial charge on any atom is -0.449 e. The SMILES string of the molecule is Cc1ccccc1N1C(=O)/C(=C\c2ccc(Oc3ccc(C(F)(F)F)cc3[N+](=O)[O-])c(Br)c2)SC1=S. The molecule has 0 saturated carbocycles. The molecule has 184 valence electrons. The summed E-state index contributed by atoms with van der Waals surface area (Å²) < 4.78 is 45.1. The number of amides is 1. The number of nitro benzene ring substituents is 1. The van der Waals surface area contributed by atoms with Crippen molar-refractivity contribution in [3.63, 3.8) is 0 Å². The molecule has 0 aromatic heterocycles. The van der Waals surface area contributed by atoms with E-state index in [4.69, 9.17) is 17.0 Å². The highest BCUT2D eigenvalue weighted by Gasteiger charge is 2.35. The normalized spacial score (nSPS) is 15.0. The Kier molecular flexibility index (Phi) is 7.21. The maximum Gasteiger partial charge on any atom is 0.416 e. The van der Waals surface area contributed by atoms with Crippen LogP contribution in [-0.2, 0) is 11.0 Å². The van der Waals surface area contributed by atoms with Crippen LogP contribution in [0.3, 0.4) is 0 Å². The van der Waals surface area contributed by atoms with Crippen LogP contribution in [-0.4, -0.2) is 15.2 Å². The second-order valence-electron chi connectivity index (χ2n) is 7.53. The summed E-state index contributed by atoms with van der Waals surface area (Å²) >= 11 is 9.88. The van der Waals surface area contributed by atoms with Crippen LogP contribution >= 0.6 is 39.9 Å². The Balaban J connectivity index is 1.59. The average Bonchev–Trinajstić information content (AvgIpc) is 3.08. The molecular formula is C24H14BrF3N2O4S2. The number of hydrogen-bond acceptors (Lipinski definition) is 6. The van der Waals surface area contributed by atoms with Crippen LogP contribution in [0.5, 0.6) is 11.5 Å². The van der Waals surface area contributed by atoms with Crippen molar-refractivity contribution < 1.29 is 27.6 Å². The van der Waals surface area contributed by atoms with Crippen molar-refractivity contribution in [2.75, 3.05) is 4.90 Å². The van der Waals surface area contributed by atoms with Gasteiger partial charge in [0.2, 0.25) is 5.75 Å². The highest BCUT2D eigenvalue weighted by molar-refractivity contribution is 9.10. The van der Waals surface area contributed by atoms with E-state index in [0.717, 1.165) is 23.4 Å². The second-order valence-corrected chi connectivity index (χ2v) is 10.1. The molecule has 3 aromatic carbocycles. The second kappa shape index (κ2) is 10.0. The van der Waals surface area contributed by atoms with Crippen molar-refractivity contribution in [3.8, 4) is 11.5 Å². The van der Waals surface area contributed by atoms with E-state index >= 15 is 0 Å². The number of thiocarbonyl (C=S) groups is 1. The van der Waals surface area contributed by atoms with Crippen LogP contribution in [0.2, 0.25) is 0 Å². The fraction of sp³-hybridized carbons (Fsp3) is 0.0833. The van der Waals surface area contributed by atoms with Crippen molar-refractivity contribution in [3.05, 3.63) is 96.8 Å². The standard InChI is InChI=1S/C24H14BrF3N2O4S2/c1-13-4-2-3-5-17(13)29-22(31)21(36-23(29)35)11-14-6-8-19(16(25)10-14)34-20-9-7-15(24(26,27)28)12-18(20)30(32)33/h2-12H,1H3/b21-11+. The first-order chi connectivity index (χ1) is 17.0. The van der Waals surface area contributed by atoms with Gasteiger partial charge in [-0.3, -0.25) is 19.8 Å². The molecule has 0 atom stereocenters. The van der Waals surface area contributed by atoms with E-state index in [-0.39, 0.29) is 17.4 Å². The van der Waals surface area contributed by atoms with E-state index in [1.54, 1.807) is 18.2 Å². The number of benzene rings is 3. The van der Waals surface area contributed by atoms with Gasteiger partial charge in [-0.05, 0) is 70.4 Å². The van der Waals surface area contributed by atoms with Gasteiger partial charge in [-0.25, -0.2) is 0 Å². The number of halogens is 4. The topological polar surface area (TPSA) is 72.7 Å². The Morgan fingerprint density at radius 1 is 1.11 bits per heavy atom. The number of nitrogens with zero attached hydrogens (tertiary/aromatic N) is 2. The van der Waals surface area contributed by atoms with E-state index < -0.39 is 22.4 Å². The molecule has 1 amide bonds. The number of alkyl halides is 3. The van der Waals surface area contributed by atoms with Gasteiger partial charge in [-0.1, -0.05) is 48.2 Å². The van der Waals surface area contributed by atoms with Crippen molar-refractivity contribution in [2.45, 2.75) is 13.1 Å². The predicted octanol–water partition coefficient (Wildman–Crippen LogP) is 7.88. The number of hydrogen-bond donors (Lipinski definition) is 0. The fourth-order valence-corrected chi connectivity index (χ4v) is 5.13. The lowest BCUT2D eigenvalue weighted by atomic mass is 10.1. The van der Waals surface area contributed by atoms with E-state index in [1.807, 2.05) is 31.2 Å². The summed E-state index contributed by atoms with van der Waals surface area (Å²) in [5, 5.41) is 11.3. The summed E-state index contributed by atoms with van der Waals surface area (Å²) in [7, 11) is 0.